The average Bonchev–Trinajstić information content (AvgIpc) is 2.25. The van der Waals surface area contributed by atoms with E-state index in [-0.39, 0.29) is 6.54 Å². The lowest BCUT2D eigenvalue weighted by Crippen LogP contribution is -2.41. The van der Waals surface area contributed by atoms with Crippen LogP contribution in [-0.4, -0.2) is 21.1 Å². The summed E-state index contributed by atoms with van der Waals surface area (Å²) in [4.78, 5) is 0. The highest BCUT2D eigenvalue weighted by Crippen LogP contribution is 2.13. The van der Waals surface area contributed by atoms with Crippen LogP contribution in [0.1, 0.15) is 5.56 Å². The molecule has 4 N–H and O–H groups in total. The Bertz CT molecular complexity index is 502. The molecule has 1 aromatic carbocycles. The van der Waals surface area contributed by atoms with Crippen LogP contribution < -0.4 is 15.2 Å². The quantitative estimate of drug-likeness (QED) is 0.697. The van der Waals surface area contributed by atoms with Crippen LogP contribution in [0.5, 0.6) is 0 Å². The van der Waals surface area contributed by atoms with Crippen molar-refractivity contribution < 1.29 is 21.6 Å². The van der Waals surface area contributed by atoms with Crippen molar-refractivity contribution >= 4 is 15.9 Å². The number of alkyl halides is 3. The largest absolute Gasteiger partial charge is 0.402 e. The second-order valence-corrected chi connectivity index (χ2v) is 5.04. The second kappa shape index (κ2) is 5.55. The number of hydrogen-bond acceptors (Lipinski definition) is 3. The van der Waals surface area contributed by atoms with Gasteiger partial charge in [0, 0.05) is 12.2 Å². The van der Waals surface area contributed by atoms with Crippen LogP contribution in [0.25, 0.3) is 0 Å². The molecule has 0 heterocycles. The maximum atomic E-state index is 11.8. The van der Waals surface area contributed by atoms with Gasteiger partial charge in [0.15, 0.2) is 0 Å². The molecule has 102 valence electrons. The minimum atomic E-state index is -4.60. The zero-order chi connectivity index (χ0) is 13.8. The molecule has 18 heavy (non-hydrogen) atoms. The molecule has 0 unspecified atom stereocenters. The van der Waals surface area contributed by atoms with Gasteiger partial charge in [0.05, 0.1) is 0 Å². The minimum Gasteiger partial charge on any atom is -0.398 e. The summed E-state index contributed by atoms with van der Waals surface area (Å²) in [7, 11) is -4.21. The number of benzene rings is 1. The summed E-state index contributed by atoms with van der Waals surface area (Å²) in [6.07, 6.45) is -4.60. The first-order valence-corrected chi connectivity index (χ1v) is 6.32. The number of hydrogen-bond donors (Lipinski definition) is 3. The molecule has 0 amide bonds. The van der Waals surface area contributed by atoms with Gasteiger partial charge in [0.25, 0.3) is 10.2 Å². The molecular weight excluding hydrogens is 271 g/mol. The van der Waals surface area contributed by atoms with Crippen molar-refractivity contribution in [3.05, 3.63) is 29.8 Å². The van der Waals surface area contributed by atoms with Crippen molar-refractivity contribution in [3.8, 4) is 0 Å². The summed E-state index contributed by atoms with van der Waals surface area (Å²) in [5.74, 6) is 0. The molecule has 0 bridgehead atoms. The van der Waals surface area contributed by atoms with Crippen molar-refractivity contribution in [2.24, 2.45) is 0 Å². The summed E-state index contributed by atoms with van der Waals surface area (Å²) in [6.45, 7) is -1.80. The van der Waals surface area contributed by atoms with Crippen molar-refractivity contribution in [2.45, 2.75) is 12.7 Å². The molecule has 5 nitrogen and oxygen atoms in total. The molecule has 9 heteroatoms. The third-order valence-electron chi connectivity index (χ3n) is 1.97. The molecule has 0 aliphatic heterocycles. The third kappa shape index (κ3) is 5.34. The van der Waals surface area contributed by atoms with Crippen LogP contribution in [0.2, 0.25) is 0 Å². The first-order chi connectivity index (χ1) is 8.20. The van der Waals surface area contributed by atoms with Gasteiger partial charge in [-0.15, -0.1) is 0 Å². The van der Waals surface area contributed by atoms with E-state index in [4.69, 9.17) is 5.73 Å². The zero-order valence-electron chi connectivity index (χ0n) is 9.16. The average molecular weight is 283 g/mol. The van der Waals surface area contributed by atoms with E-state index in [1.807, 2.05) is 4.72 Å². The number of nitrogen functional groups attached to an aromatic ring is 1. The fourth-order valence-electron chi connectivity index (χ4n) is 1.10. The Morgan fingerprint density at radius 3 is 2.33 bits per heavy atom. The number of para-hydroxylation sites is 1. The summed E-state index contributed by atoms with van der Waals surface area (Å²) in [6, 6.07) is 6.44. The van der Waals surface area contributed by atoms with Gasteiger partial charge in [-0.1, -0.05) is 18.2 Å². The Morgan fingerprint density at radius 1 is 1.17 bits per heavy atom. The minimum absolute atomic E-state index is 0.181. The highest BCUT2D eigenvalue weighted by atomic mass is 32.2. The topological polar surface area (TPSA) is 84.2 Å². The molecule has 1 rings (SSSR count). The lowest BCUT2D eigenvalue weighted by molar-refractivity contribution is -0.121. The lowest BCUT2D eigenvalue weighted by Gasteiger charge is -2.11. The summed E-state index contributed by atoms with van der Waals surface area (Å²) >= 11 is 0. The van der Waals surface area contributed by atoms with Crippen molar-refractivity contribution in [1.82, 2.24) is 9.44 Å². The van der Waals surface area contributed by atoms with Crippen LogP contribution in [0.4, 0.5) is 18.9 Å². The molecule has 0 radical (unpaired) electrons. The number of rotatable bonds is 5. The van der Waals surface area contributed by atoms with E-state index < -0.39 is 22.9 Å². The molecular formula is C9H12F3N3O2S. The van der Waals surface area contributed by atoms with E-state index in [1.165, 1.54) is 4.72 Å². The van der Waals surface area contributed by atoms with Gasteiger partial charge < -0.3 is 5.73 Å². The normalized spacial score (nSPS) is 12.6. The van der Waals surface area contributed by atoms with E-state index in [0.717, 1.165) is 0 Å². The predicted molar refractivity (Wildman–Crippen MR) is 60.7 cm³/mol. The van der Waals surface area contributed by atoms with Gasteiger partial charge in [-0.3, -0.25) is 0 Å². The highest BCUT2D eigenvalue weighted by molar-refractivity contribution is 7.87. The smallest absolute Gasteiger partial charge is 0.398 e. The number of nitrogens with one attached hydrogen (secondary N) is 2. The van der Waals surface area contributed by atoms with E-state index in [2.05, 4.69) is 0 Å². The SMILES string of the molecule is Nc1ccccc1CNS(=O)(=O)NCC(F)(F)F. The van der Waals surface area contributed by atoms with E-state index in [1.54, 1.807) is 24.3 Å². The molecule has 0 saturated heterocycles. The maximum absolute atomic E-state index is 11.8. The van der Waals surface area contributed by atoms with E-state index >= 15 is 0 Å². The van der Waals surface area contributed by atoms with E-state index in [9.17, 15) is 21.6 Å². The van der Waals surface area contributed by atoms with Crippen LogP contribution in [0, 0.1) is 0 Å². The number of anilines is 1. The Balaban J connectivity index is 2.55. The highest BCUT2D eigenvalue weighted by Gasteiger charge is 2.29. The van der Waals surface area contributed by atoms with Crippen molar-refractivity contribution in [1.29, 1.82) is 0 Å². The summed E-state index contributed by atoms with van der Waals surface area (Å²) in [5, 5.41) is 0. The summed E-state index contributed by atoms with van der Waals surface area (Å²) < 4.78 is 61.3. The Hall–Kier alpha value is -1.32. The van der Waals surface area contributed by atoms with Crippen LogP contribution in [0.3, 0.4) is 0 Å². The van der Waals surface area contributed by atoms with Gasteiger partial charge in [0.2, 0.25) is 0 Å². The number of halogens is 3. The molecule has 0 aromatic heterocycles. The molecule has 1 aromatic rings. The fraction of sp³-hybridized carbons (Fsp3) is 0.333. The molecule has 0 fully saturated rings. The maximum Gasteiger partial charge on any atom is 0.402 e. The van der Waals surface area contributed by atoms with Gasteiger partial charge in [0.1, 0.15) is 6.54 Å². The molecule has 0 aliphatic carbocycles. The molecule has 0 spiro atoms. The standard InChI is InChI=1S/C9H12F3N3O2S/c10-9(11,12)6-15-18(16,17)14-5-7-3-1-2-4-8(7)13/h1-4,14-15H,5-6,13H2. The monoisotopic (exact) mass is 283 g/mol. The lowest BCUT2D eigenvalue weighted by atomic mass is 10.2. The fourth-order valence-corrected chi connectivity index (χ4v) is 1.90. The van der Waals surface area contributed by atoms with Crippen molar-refractivity contribution in [3.63, 3.8) is 0 Å². The third-order valence-corrected chi connectivity index (χ3v) is 3.02. The van der Waals surface area contributed by atoms with Gasteiger partial charge in [-0.2, -0.15) is 31.0 Å². The van der Waals surface area contributed by atoms with Crippen LogP contribution in [0.15, 0.2) is 24.3 Å². The van der Waals surface area contributed by atoms with Gasteiger partial charge in [-0.25, -0.2) is 0 Å². The first-order valence-electron chi connectivity index (χ1n) is 4.84. The van der Waals surface area contributed by atoms with E-state index in [0.29, 0.717) is 11.3 Å². The van der Waals surface area contributed by atoms with Gasteiger partial charge in [-0.05, 0) is 11.6 Å². The van der Waals surface area contributed by atoms with Crippen LogP contribution in [-0.2, 0) is 16.8 Å². The summed E-state index contributed by atoms with van der Waals surface area (Å²) in [5.41, 5.74) is 6.40. The van der Waals surface area contributed by atoms with Crippen molar-refractivity contribution in [2.75, 3.05) is 12.3 Å². The van der Waals surface area contributed by atoms with Gasteiger partial charge >= 0.3 is 6.18 Å². The first kappa shape index (κ1) is 14.7. The zero-order valence-corrected chi connectivity index (χ0v) is 9.98. The Labute approximate surface area is 102 Å². The molecule has 0 atom stereocenters. The molecule has 0 aliphatic rings. The second-order valence-electron chi connectivity index (χ2n) is 3.46. The van der Waals surface area contributed by atoms with Crippen LogP contribution >= 0.6 is 0 Å². The Kier molecular flexibility index (Phi) is 4.54. The Morgan fingerprint density at radius 2 is 1.78 bits per heavy atom. The number of nitrogens with two attached hydrogens (primary N) is 1. The predicted octanol–water partition coefficient (Wildman–Crippen LogP) is 0.755. The molecule has 0 saturated carbocycles.